The zero-order valence-corrected chi connectivity index (χ0v) is 11.8. The Hall–Kier alpha value is -2.59. The van der Waals surface area contributed by atoms with Crippen molar-refractivity contribution in [3.8, 4) is 11.8 Å². The van der Waals surface area contributed by atoms with E-state index >= 15 is 0 Å². The summed E-state index contributed by atoms with van der Waals surface area (Å²) in [7, 11) is -2.70. The van der Waals surface area contributed by atoms with Gasteiger partial charge in [-0.2, -0.15) is 5.26 Å². The number of ether oxygens (including phenoxy) is 1. The molecule has 0 aliphatic carbocycles. The normalized spacial score (nSPS) is 10.7. The van der Waals surface area contributed by atoms with Crippen molar-refractivity contribution in [2.75, 3.05) is 11.8 Å². The van der Waals surface area contributed by atoms with Crippen molar-refractivity contribution in [1.82, 2.24) is 0 Å². The van der Waals surface area contributed by atoms with E-state index < -0.39 is 15.8 Å². The summed E-state index contributed by atoms with van der Waals surface area (Å²) < 4.78 is 45.0. The van der Waals surface area contributed by atoms with Crippen LogP contribution in [0.5, 0.6) is 5.75 Å². The Morgan fingerprint density at radius 3 is 2.43 bits per heavy atom. The number of nitrogens with zero attached hydrogens (tertiary/aromatic N) is 1. The Bertz CT molecular complexity index is 796. The highest BCUT2D eigenvalue weighted by Crippen LogP contribution is 2.26. The van der Waals surface area contributed by atoms with Crippen molar-refractivity contribution >= 4 is 15.7 Å². The second kappa shape index (κ2) is 5.81. The fourth-order valence-corrected chi connectivity index (χ4v) is 2.92. The molecule has 7 heteroatoms. The third-order valence-electron chi connectivity index (χ3n) is 2.68. The molecule has 1 N–H and O–H groups in total. The molecular weight excluding hydrogens is 295 g/mol. The molecule has 5 nitrogen and oxygen atoms in total. The van der Waals surface area contributed by atoms with E-state index in [4.69, 9.17) is 10.00 Å². The molecule has 0 bridgehead atoms. The van der Waals surface area contributed by atoms with E-state index in [1.807, 2.05) is 6.07 Å². The molecule has 21 heavy (non-hydrogen) atoms. The Morgan fingerprint density at radius 1 is 1.19 bits per heavy atom. The molecule has 0 saturated heterocycles. The van der Waals surface area contributed by atoms with Crippen LogP contribution >= 0.6 is 0 Å². The second-order valence-corrected chi connectivity index (χ2v) is 5.74. The summed E-state index contributed by atoms with van der Waals surface area (Å²) >= 11 is 0. The summed E-state index contributed by atoms with van der Waals surface area (Å²) in [6.07, 6.45) is 0. The monoisotopic (exact) mass is 306 g/mol. The van der Waals surface area contributed by atoms with Crippen molar-refractivity contribution in [2.45, 2.75) is 4.90 Å². The van der Waals surface area contributed by atoms with E-state index in [2.05, 4.69) is 4.72 Å². The fraction of sp³-hybridized carbons (Fsp3) is 0.0714. The van der Waals surface area contributed by atoms with Gasteiger partial charge in [0.05, 0.1) is 18.7 Å². The van der Waals surface area contributed by atoms with E-state index in [1.54, 1.807) is 0 Å². The molecule has 0 aromatic heterocycles. The first kappa shape index (κ1) is 14.8. The van der Waals surface area contributed by atoms with Gasteiger partial charge in [0.25, 0.3) is 10.0 Å². The molecule has 2 aromatic carbocycles. The van der Waals surface area contributed by atoms with Crippen molar-refractivity contribution in [2.24, 2.45) is 0 Å². The number of halogens is 1. The number of hydrogen-bond acceptors (Lipinski definition) is 4. The van der Waals surface area contributed by atoms with Gasteiger partial charge in [-0.25, -0.2) is 12.8 Å². The Labute approximate surface area is 121 Å². The summed E-state index contributed by atoms with van der Waals surface area (Å²) in [6.45, 7) is 0. The zero-order valence-electron chi connectivity index (χ0n) is 11.0. The molecule has 0 aliphatic rings. The number of sulfonamides is 1. The third kappa shape index (κ3) is 3.30. The molecule has 2 rings (SSSR count). The van der Waals surface area contributed by atoms with E-state index in [0.29, 0.717) is 5.56 Å². The maximum atomic E-state index is 13.3. The van der Waals surface area contributed by atoms with E-state index in [1.165, 1.54) is 37.4 Å². The molecule has 0 aliphatic heterocycles. The van der Waals surface area contributed by atoms with Crippen molar-refractivity contribution in [3.05, 3.63) is 53.8 Å². The molecule has 0 atom stereocenters. The van der Waals surface area contributed by atoms with Crippen molar-refractivity contribution in [3.63, 3.8) is 0 Å². The molecule has 2 aromatic rings. The van der Waals surface area contributed by atoms with E-state index in [9.17, 15) is 12.8 Å². The van der Waals surface area contributed by atoms with Crippen molar-refractivity contribution in [1.29, 1.82) is 5.26 Å². The van der Waals surface area contributed by atoms with Gasteiger partial charge in [-0.05, 0) is 42.5 Å². The Kier molecular flexibility index (Phi) is 4.10. The van der Waals surface area contributed by atoms with Crippen LogP contribution in [0.25, 0.3) is 0 Å². The van der Waals surface area contributed by atoms with Crippen LogP contribution in [0.3, 0.4) is 0 Å². The first-order valence-corrected chi connectivity index (χ1v) is 7.31. The largest absolute Gasteiger partial charge is 0.495 e. The average Bonchev–Trinajstić information content (AvgIpc) is 2.47. The Balaban J connectivity index is 2.38. The van der Waals surface area contributed by atoms with Crippen LogP contribution < -0.4 is 9.46 Å². The lowest BCUT2D eigenvalue weighted by Gasteiger charge is -2.11. The minimum absolute atomic E-state index is 0.0394. The summed E-state index contributed by atoms with van der Waals surface area (Å²) in [6, 6.07) is 11.0. The van der Waals surface area contributed by atoms with Gasteiger partial charge in [0.15, 0.2) is 0 Å². The van der Waals surface area contributed by atoms with Gasteiger partial charge in [0.2, 0.25) is 0 Å². The van der Waals surface area contributed by atoms with Crippen LogP contribution in [0.2, 0.25) is 0 Å². The van der Waals surface area contributed by atoms with Gasteiger partial charge in [0, 0.05) is 5.69 Å². The lowest BCUT2D eigenvalue weighted by atomic mass is 10.2. The average molecular weight is 306 g/mol. The van der Waals surface area contributed by atoms with Gasteiger partial charge in [-0.3, -0.25) is 4.72 Å². The topological polar surface area (TPSA) is 79.2 Å². The maximum absolute atomic E-state index is 13.3. The maximum Gasteiger partial charge on any atom is 0.265 e. The zero-order chi connectivity index (χ0) is 15.5. The molecule has 0 radical (unpaired) electrons. The van der Waals surface area contributed by atoms with Gasteiger partial charge in [-0.1, -0.05) is 0 Å². The number of rotatable bonds is 4. The molecule has 0 amide bonds. The number of benzene rings is 2. The molecule has 0 fully saturated rings. The minimum Gasteiger partial charge on any atom is -0.495 e. The molecule has 0 spiro atoms. The highest BCUT2D eigenvalue weighted by atomic mass is 32.2. The van der Waals surface area contributed by atoms with Crippen LogP contribution in [0.15, 0.2) is 47.4 Å². The molecular formula is C14H11FN2O3S. The minimum atomic E-state index is -4.00. The van der Waals surface area contributed by atoms with Gasteiger partial charge < -0.3 is 4.74 Å². The predicted molar refractivity (Wildman–Crippen MR) is 74.9 cm³/mol. The quantitative estimate of drug-likeness (QED) is 0.941. The van der Waals surface area contributed by atoms with Gasteiger partial charge in [-0.15, -0.1) is 0 Å². The SMILES string of the molecule is COc1ccc(F)cc1S(=O)(=O)Nc1ccc(C#N)cc1. The molecule has 0 heterocycles. The summed E-state index contributed by atoms with van der Waals surface area (Å²) in [5, 5.41) is 8.69. The fourth-order valence-electron chi connectivity index (χ4n) is 1.68. The van der Waals surface area contributed by atoms with Gasteiger partial charge >= 0.3 is 0 Å². The van der Waals surface area contributed by atoms with Crippen LogP contribution in [0, 0.1) is 17.1 Å². The van der Waals surface area contributed by atoms with Crippen LogP contribution in [0.4, 0.5) is 10.1 Å². The van der Waals surface area contributed by atoms with Crippen LogP contribution in [0.1, 0.15) is 5.56 Å². The first-order chi connectivity index (χ1) is 9.96. The standard InChI is InChI=1S/C14H11FN2O3S/c1-20-13-7-4-11(15)8-14(13)21(18,19)17-12-5-2-10(9-16)3-6-12/h2-8,17H,1H3. The number of nitrogens with one attached hydrogen (secondary N) is 1. The summed E-state index contributed by atoms with van der Waals surface area (Å²) in [4.78, 5) is -0.297. The lowest BCUT2D eigenvalue weighted by Crippen LogP contribution is -2.14. The number of hydrogen-bond donors (Lipinski definition) is 1. The highest BCUT2D eigenvalue weighted by Gasteiger charge is 2.20. The predicted octanol–water partition coefficient (Wildman–Crippen LogP) is 2.51. The smallest absolute Gasteiger partial charge is 0.265 e. The third-order valence-corrected chi connectivity index (χ3v) is 4.08. The summed E-state index contributed by atoms with van der Waals surface area (Å²) in [5.74, 6) is -0.645. The lowest BCUT2D eigenvalue weighted by molar-refractivity contribution is 0.401. The second-order valence-electron chi connectivity index (χ2n) is 4.09. The number of nitriles is 1. The molecule has 108 valence electrons. The highest BCUT2D eigenvalue weighted by molar-refractivity contribution is 7.92. The number of methoxy groups -OCH3 is 1. The van der Waals surface area contributed by atoms with Crippen LogP contribution in [-0.4, -0.2) is 15.5 Å². The summed E-state index contributed by atoms with van der Waals surface area (Å²) in [5.41, 5.74) is 0.668. The van der Waals surface area contributed by atoms with Crippen LogP contribution in [-0.2, 0) is 10.0 Å². The molecule has 0 unspecified atom stereocenters. The van der Waals surface area contributed by atoms with E-state index in [-0.39, 0.29) is 16.3 Å². The van der Waals surface area contributed by atoms with Gasteiger partial charge in [0.1, 0.15) is 16.5 Å². The van der Waals surface area contributed by atoms with E-state index in [0.717, 1.165) is 12.1 Å². The number of anilines is 1. The Morgan fingerprint density at radius 2 is 1.86 bits per heavy atom. The first-order valence-electron chi connectivity index (χ1n) is 5.83. The molecule has 0 saturated carbocycles. The van der Waals surface area contributed by atoms with Crippen molar-refractivity contribution < 1.29 is 17.5 Å².